The van der Waals surface area contributed by atoms with Crippen LogP contribution in [-0.4, -0.2) is 25.2 Å². The van der Waals surface area contributed by atoms with Gasteiger partial charge in [-0.2, -0.15) is 0 Å². The summed E-state index contributed by atoms with van der Waals surface area (Å²) in [4.78, 5) is 24.7. The summed E-state index contributed by atoms with van der Waals surface area (Å²) in [7, 11) is 0. The molecule has 0 aliphatic heterocycles. The minimum absolute atomic E-state index is 0.315. The van der Waals surface area contributed by atoms with Gasteiger partial charge in [0, 0.05) is 42.1 Å². The Morgan fingerprint density at radius 1 is 0.676 bits per heavy atom. The SMILES string of the molecule is C=CC(=O)OCCc1ccc(N(c2ccc(C)cc2)c2ccc(CCOC(=O)C=C)cc2)cc1. The number of hydrogen-bond donors (Lipinski definition) is 0. The van der Waals surface area contributed by atoms with E-state index in [0.29, 0.717) is 26.1 Å². The van der Waals surface area contributed by atoms with Crippen LogP contribution in [0, 0.1) is 6.92 Å². The van der Waals surface area contributed by atoms with Gasteiger partial charge in [-0.15, -0.1) is 0 Å². The van der Waals surface area contributed by atoms with Crippen LogP contribution in [0.4, 0.5) is 17.1 Å². The number of benzene rings is 3. The van der Waals surface area contributed by atoms with Gasteiger partial charge in [0.15, 0.2) is 0 Å². The summed E-state index contributed by atoms with van der Waals surface area (Å²) in [5.74, 6) is -0.825. The summed E-state index contributed by atoms with van der Waals surface area (Å²) in [5.41, 5.74) is 6.43. The number of carbonyl (C=O) groups is 2. The van der Waals surface area contributed by atoms with Gasteiger partial charge in [-0.05, 0) is 54.4 Å². The Hall–Kier alpha value is -4.12. The van der Waals surface area contributed by atoms with Crippen LogP contribution in [0.3, 0.4) is 0 Å². The summed E-state index contributed by atoms with van der Waals surface area (Å²) >= 11 is 0. The van der Waals surface area contributed by atoms with E-state index in [1.165, 1.54) is 17.7 Å². The molecule has 0 spiro atoms. The molecule has 0 saturated carbocycles. The first kappa shape index (κ1) is 24.5. The maximum absolute atomic E-state index is 11.2. The van der Waals surface area contributed by atoms with Crippen LogP contribution in [0.5, 0.6) is 0 Å². The molecule has 5 heteroatoms. The van der Waals surface area contributed by atoms with Gasteiger partial charge in [-0.25, -0.2) is 9.59 Å². The van der Waals surface area contributed by atoms with Crippen molar-refractivity contribution in [3.05, 3.63) is 115 Å². The molecule has 3 aromatic rings. The summed E-state index contributed by atoms with van der Waals surface area (Å²) in [5, 5.41) is 0. The van der Waals surface area contributed by atoms with Gasteiger partial charge in [0.25, 0.3) is 0 Å². The fraction of sp³-hybridized carbons (Fsp3) is 0.172. The van der Waals surface area contributed by atoms with Gasteiger partial charge >= 0.3 is 11.9 Å². The van der Waals surface area contributed by atoms with Gasteiger partial charge in [-0.3, -0.25) is 0 Å². The lowest BCUT2D eigenvalue weighted by Gasteiger charge is -2.26. The minimum Gasteiger partial charge on any atom is -0.462 e. The Bertz CT molecular complexity index is 1050. The highest BCUT2D eigenvalue weighted by atomic mass is 16.5. The number of nitrogens with zero attached hydrogens (tertiary/aromatic N) is 1. The first-order chi connectivity index (χ1) is 16.5. The monoisotopic (exact) mass is 455 g/mol. The lowest BCUT2D eigenvalue weighted by Crippen LogP contribution is -2.10. The summed E-state index contributed by atoms with van der Waals surface area (Å²) in [6.45, 7) is 9.51. The van der Waals surface area contributed by atoms with Crippen molar-refractivity contribution in [2.45, 2.75) is 19.8 Å². The fourth-order valence-corrected chi connectivity index (χ4v) is 3.42. The molecule has 34 heavy (non-hydrogen) atoms. The number of hydrogen-bond acceptors (Lipinski definition) is 5. The summed E-state index contributed by atoms with van der Waals surface area (Å²) in [6, 6.07) is 24.8. The normalized spacial score (nSPS) is 10.3. The van der Waals surface area contributed by atoms with Crippen molar-refractivity contribution in [1.29, 1.82) is 0 Å². The third-order valence-corrected chi connectivity index (χ3v) is 5.28. The highest BCUT2D eigenvalue weighted by Gasteiger charge is 2.13. The first-order valence-electron chi connectivity index (χ1n) is 11.1. The average Bonchev–Trinajstić information content (AvgIpc) is 2.87. The summed E-state index contributed by atoms with van der Waals surface area (Å²) < 4.78 is 10.2. The van der Waals surface area contributed by atoms with Gasteiger partial charge < -0.3 is 14.4 Å². The molecule has 174 valence electrons. The van der Waals surface area contributed by atoms with Crippen molar-refractivity contribution in [2.24, 2.45) is 0 Å². The van der Waals surface area contributed by atoms with Crippen molar-refractivity contribution in [1.82, 2.24) is 0 Å². The fourth-order valence-electron chi connectivity index (χ4n) is 3.42. The second kappa shape index (κ2) is 12.2. The molecule has 0 heterocycles. The van der Waals surface area contributed by atoms with Gasteiger partial charge in [-0.1, -0.05) is 55.1 Å². The van der Waals surface area contributed by atoms with Crippen LogP contribution in [0.15, 0.2) is 98.1 Å². The highest BCUT2D eigenvalue weighted by Crippen LogP contribution is 2.34. The number of ether oxygens (including phenoxy) is 2. The number of carbonyl (C=O) groups excluding carboxylic acids is 2. The molecular formula is C29H29NO4. The van der Waals surface area contributed by atoms with Crippen molar-refractivity contribution in [3.8, 4) is 0 Å². The molecule has 3 aromatic carbocycles. The molecule has 3 rings (SSSR count). The molecule has 0 atom stereocenters. The van der Waals surface area contributed by atoms with Crippen molar-refractivity contribution in [2.75, 3.05) is 18.1 Å². The maximum Gasteiger partial charge on any atom is 0.330 e. The Kier molecular flexibility index (Phi) is 8.81. The number of aryl methyl sites for hydroxylation is 1. The van der Waals surface area contributed by atoms with Crippen molar-refractivity contribution in [3.63, 3.8) is 0 Å². The molecule has 0 bridgehead atoms. The standard InChI is InChI=1S/C29H29NO4/c1-4-28(31)33-20-18-23-8-14-26(15-9-23)30(25-12-6-22(3)7-13-25)27-16-10-24(11-17-27)19-21-34-29(32)5-2/h4-17H,1-2,18-21H2,3H3. The van der Waals surface area contributed by atoms with Crippen LogP contribution in [0.2, 0.25) is 0 Å². The quantitative estimate of drug-likeness (QED) is 0.262. The minimum atomic E-state index is -0.413. The van der Waals surface area contributed by atoms with Crippen LogP contribution in [-0.2, 0) is 31.9 Å². The van der Waals surface area contributed by atoms with E-state index in [1.807, 2.05) is 24.3 Å². The zero-order valence-corrected chi connectivity index (χ0v) is 19.4. The third kappa shape index (κ3) is 6.94. The van der Waals surface area contributed by atoms with E-state index in [4.69, 9.17) is 9.47 Å². The predicted molar refractivity (Wildman–Crippen MR) is 136 cm³/mol. The van der Waals surface area contributed by atoms with E-state index in [2.05, 4.69) is 73.5 Å². The Morgan fingerprint density at radius 2 is 1.03 bits per heavy atom. The van der Waals surface area contributed by atoms with Crippen LogP contribution in [0.25, 0.3) is 0 Å². The van der Waals surface area contributed by atoms with Crippen molar-refractivity contribution < 1.29 is 19.1 Å². The molecule has 0 aliphatic carbocycles. The largest absolute Gasteiger partial charge is 0.462 e. The molecule has 0 N–H and O–H groups in total. The first-order valence-corrected chi connectivity index (χ1v) is 11.1. The van der Waals surface area contributed by atoms with Gasteiger partial charge in [0.05, 0.1) is 13.2 Å². The topological polar surface area (TPSA) is 55.8 Å². The molecule has 0 saturated heterocycles. The zero-order valence-electron chi connectivity index (χ0n) is 19.4. The van der Waals surface area contributed by atoms with Gasteiger partial charge in [0.2, 0.25) is 0 Å². The number of esters is 2. The molecular weight excluding hydrogens is 426 g/mol. The molecule has 0 aromatic heterocycles. The van der Waals surface area contributed by atoms with E-state index < -0.39 is 11.9 Å². The van der Waals surface area contributed by atoms with Gasteiger partial charge in [0.1, 0.15) is 0 Å². The van der Waals surface area contributed by atoms with E-state index in [9.17, 15) is 9.59 Å². The predicted octanol–water partition coefficient (Wildman–Crippen LogP) is 6.01. The second-order valence-corrected chi connectivity index (χ2v) is 7.75. The Labute approximate surface area is 200 Å². The van der Waals surface area contributed by atoms with Crippen LogP contribution in [0.1, 0.15) is 16.7 Å². The zero-order chi connectivity index (χ0) is 24.3. The second-order valence-electron chi connectivity index (χ2n) is 7.75. The smallest absolute Gasteiger partial charge is 0.330 e. The number of anilines is 3. The van der Waals surface area contributed by atoms with Crippen LogP contribution < -0.4 is 4.90 Å². The molecule has 5 nitrogen and oxygen atoms in total. The maximum atomic E-state index is 11.2. The van der Waals surface area contributed by atoms with E-state index in [-0.39, 0.29) is 0 Å². The Balaban J connectivity index is 1.79. The Morgan fingerprint density at radius 3 is 1.38 bits per heavy atom. The van der Waals surface area contributed by atoms with E-state index >= 15 is 0 Å². The van der Waals surface area contributed by atoms with Crippen molar-refractivity contribution >= 4 is 29.0 Å². The highest BCUT2D eigenvalue weighted by molar-refractivity contribution is 5.81. The molecule has 0 amide bonds. The number of rotatable bonds is 11. The van der Waals surface area contributed by atoms with Crippen LogP contribution >= 0.6 is 0 Å². The van der Waals surface area contributed by atoms with E-state index in [0.717, 1.165) is 28.2 Å². The molecule has 0 unspecified atom stereocenters. The van der Waals surface area contributed by atoms with E-state index in [1.54, 1.807) is 0 Å². The average molecular weight is 456 g/mol. The lowest BCUT2D eigenvalue weighted by molar-refractivity contribution is -0.138. The molecule has 0 radical (unpaired) electrons. The molecule has 0 fully saturated rings. The lowest BCUT2D eigenvalue weighted by atomic mass is 10.1. The third-order valence-electron chi connectivity index (χ3n) is 5.28. The summed E-state index contributed by atoms with van der Waals surface area (Å²) in [6.07, 6.45) is 3.61. The molecule has 0 aliphatic rings.